The van der Waals surface area contributed by atoms with Crippen molar-refractivity contribution < 1.29 is 35.6 Å². The lowest BCUT2D eigenvalue weighted by Crippen LogP contribution is -2.48. The number of alkyl halides is 6. The Kier molecular flexibility index (Phi) is 9.30. The Labute approximate surface area is 243 Å². The van der Waals surface area contributed by atoms with Gasteiger partial charge < -0.3 is 14.6 Å². The van der Waals surface area contributed by atoms with Gasteiger partial charge in [0, 0.05) is 43.1 Å². The first-order valence-corrected chi connectivity index (χ1v) is 13.4. The number of nitrogens with zero attached hydrogens (tertiary/aromatic N) is 4. The molecule has 1 aromatic heterocycles. The van der Waals surface area contributed by atoms with E-state index in [-0.39, 0.29) is 29.4 Å². The summed E-state index contributed by atoms with van der Waals surface area (Å²) in [6.45, 7) is 6.28. The summed E-state index contributed by atoms with van der Waals surface area (Å²) in [5.74, 6) is -0.342. The Morgan fingerprint density at radius 1 is 0.930 bits per heavy atom. The molecule has 4 aromatic rings. The third kappa shape index (κ3) is 7.45. The SMILES string of the molecule is CC.N#Cc1cc(C(F)(F)F)c2oc(-c3ccc(NC(=O)CN4CCN(c5ccc(C(F)(F)F)cc5)CC4)cc3)nc2c1. The summed E-state index contributed by atoms with van der Waals surface area (Å²) < 4.78 is 84.2. The first kappa shape index (κ1) is 31.4. The van der Waals surface area contributed by atoms with E-state index in [2.05, 4.69) is 10.3 Å². The van der Waals surface area contributed by atoms with Crippen LogP contribution >= 0.6 is 0 Å². The van der Waals surface area contributed by atoms with Crippen LogP contribution in [0, 0.1) is 11.3 Å². The predicted molar refractivity (Wildman–Crippen MR) is 149 cm³/mol. The summed E-state index contributed by atoms with van der Waals surface area (Å²) >= 11 is 0. The van der Waals surface area contributed by atoms with Crippen molar-refractivity contribution in [1.29, 1.82) is 5.26 Å². The van der Waals surface area contributed by atoms with E-state index < -0.39 is 29.1 Å². The molecular weight excluding hydrogens is 576 g/mol. The highest BCUT2D eigenvalue weighted by Crippen LogP contribution is 2.38. The summed E-state index contributed by atoms with van der Waals surface area (Å²) in [4.78, 5) is 20.6. The lowest BCUT2D eigenvalue weighted by Gasteiger charge is -2.35. The molecule has 1 amide bonds. The molecule has 1 N–H and O–H groups in total. The Morgan fingerprint density at radius 2 is 1.56 bits per heavy atom. The van der Waals surface area contributed by atoms with Gasteiger partial charge >= 0.3 is 12.4 Å². The second-order valence-electron chi connectivity index (χ2n) is 9.43. The number of amides is 1. The van der Waals surface area contributed by atoms with E-state index >= 15 is 0 Å². The van der Waals surface area contributed by atoms with Crippen LogP contribution < -0.4 is 10.2 Å². The number of fused-ring (bicyclic) bond motifs is 1. The van der Waals surface area contributed by atoms with Crippen LogP contribution in [-0.4, -0.2) is 48.5 Å². The summed E-state index contributed by atoms with van der Waals surface area (Å²) in [6.07, 6.45) is -9.12. The maximum atomic E-state index is 13.5. The van der Waals surface area contributed by atoms with Gasteiger partial charge in [0.2, 0.25) is 11.8 Å². The molecule has 226 valence electrons. The van der Waals surface area contributed by atoms with Crippen molar-refractivity contribution in [2.75, 3.05) is 42.9 Å². The zero-order valence-electron chi connectivity index (χ0n) is 23.2. The highest BCUT2D eigenvalue weighted by Gasteiger charge is 2.35. The van der Waals surface area contributed by atoms with E-state index in [0.717, 1.165) is 12.1 Å². The maximum Gasteiger partial charge on any atom is 0.420 e. The third-order valence-electron chi connectivity index (χ3n) is 6.64. The number of benzene rings is 3. The number of hydrogen-bond donors (Lipinski definition) is 1. The van der Waals surface area contributed by atoms with Crippen molar-refractivity contribution in [3.05, 3.63) is 77.4 Å². The zero-order valence-corrected chi connectivity index (χ0v) is 23.2. The van der Waals surface area contributed by atoms with Gasteiger partial charge in [-0.25, -0.2) is 4.98 Å². The molecule has 0 atom stereocenters. The molecule has 43 heavy (non-hydrogen) atoms. The highest BCUT2D eigenvalue weighted by atomic mass is 19.4. The van der Waals surface area contributed by atoms with Crippen molar-refractivity contribution in [3.63, 3.8) is 0 Å². The number of carbonyl (C=O) groups is 1. The Bertz CT molecular complexity index is 1600. The molecule has 7 nitrogen and oxygen atoms in total. The molecule has 0 aliphatic carbocycles. The average molecular weight is 604 g/mol. The van der Waals surface area contributed by atoms with Gasteiger partial charge in [-0.2, -0.15) is 31.6 Å². The molecule has 1 aliphatic rings. The van der Waals surface area contributed by atoms with Crippen LogP contribution in [0.3, 0.4) is 0 Å². The quantitative estimate of drug-likeness (QED) is 0.243. The Balaban J connectivity index is 0.00000207. The van der Waals surface area contributed by atoms with Gasteiger partial charge in [0.15, 0.2) is 5.58 Å². The van der Waals surface area contributed by atoms with E-state index in [1.54, 1.807) is 30.3 Å². The fourth-order valence-electron chi connectivity index (χ4n) is 4.56. The van der Waals surface area contributed by atoms with Crippen LogP contribution in [-0.2, 0) is 17.1 Å². The largest absolute Gasteiger partial charge is 0.435 e. The minimum absolute atomic E-state index is 0.0654. The molecule has 13 heteroatoms. The Morgan fingerprint density at radius 3 is 2.12 bits per heavy atom. The summed E-state index contributed by atoms with van der Waals surface area (Å²) in [5, 5.41) is 11.8. The lowest BCUT2D eigenvalue weighted by molar-refractivity contribution is -0.138. The monoisotopic (exact) mass is 603 g/mol. The van der Waals surface area contributed by atoms with Crippen LogP contribution in [0.1, 0.15) is 30.5 Å². The van der Waals surface area contributed by atoms with Gasteiger partial charge in [0.25, 0.3) is 0 Å². The van der Waals surface area contributed by atoms with E-state index in [1.807, 2.05) is 23.6 Å². The number of rotatable bonds is 5. The number of carbonyl (C=O) groups excluding carboxylic acids is 1. The van der Waals surface area contributed by atoms with Crippen molar-refractivity contribution >= 4 is 28.4 Å². The number of hydrogen-bond acceptors (Lipinski definition) is 6. The second kappa shape index (κ2) is 12.7. The number of anilines is 2. The van der Waals surface area contributed by atoms with Crippen molar-refractivity contribution in [2.24, 2.45) is 0 Å². The Hall–Kier alpha value is -4.57. The number of nitriles is 1. The zero-order chi connectivity index (χ0) is 31.4. The predicted octanol–water partition coefficient (Wildman–Crippen LogP) is 7.19. The maximum absolute atomic E-state index is 13.5. The molecular formula is C30H27F6N5O2. The standard InChI is InChI=1S/C28H21F6N5O2.C2H6/c29-27(30,31)19-3-7-21(8-4-19)39-11-9-38(10-12-39)16-24(40)36-20-5-1-18(2-6-20)26-37-23-14-17(15-35)13-22(25(23)41-26)28(32,33)34;1-2/h1-8,13-14H,9-12,16H2,(H,36,40);1-2H3. The van der Waals surface area contributed by atoms with E-state index in [9.17, 15) is 31.1 Å². The lowest BCUT2D eigenvalue weighted by atomic mass is 10.1. The summed E-state index contributed by atoms with van der Waals surface area (Å²) in [5.41, 5.74) is -1.03. The number of nitrogens with one attached hydrogen (secondary N) is 1. The van der Waals surface area contributed by atoms with E-state index in [4.69, 9.17) is 9.68 Å². The van der Waals surface area contributed by atoms with Crippen molar-refractivity contribution in [3.8, 4) is 17.5 Å². The number of halogens is 6. The number of piperazine rings is 1. The summed E-state index contributed by atoms with van der Waals surface area (Å²) in [7, 11) is 0. The minimum Gasteiger partial charge on any atom is -0.435 e. The van der Waals surface area contributed by atoms with Gasteiger partial charge in [0.1, 0.15) is 11.1 Å². The van der Waals surface area contributed by atoms with Gasteiger partial charge in [0.05, 0.1) is 23.7 Å². The van der Waals surface area contributed by atoms with Crippen molar-refractivity contribution in [2.45, 2.75) is 26.2 Å². The fraction of sp³-hybridized carbons (Fsp3) is 0.300. The molecule has 0 radical (unpaired) electrons. The number of aromatic nitrogens is 1. The molecule has 3 aromatic carbocycles. The average Bonchev–Trinajstić information content (AvgIpc) is 3.41. The van der Waals surface area contributed by atoms with Crippen LogP contribution in [0.15, 0.2) is 65.1 Å². The number of oxazole rings is 1. The molecule has 0 spiro atoms. The van der Waals surface area contributed by atoms with Gasteiger partial charge in [-0.05, 0) is 60.7 Å². The van der Waals surface area contributed by atoms with Crippen LogP contribution in [0.25, 0.3) is 22.6 Å². The molecule has 0 saturated carbocycles. The first-order valence-electron chi connectivity index (χ1n) is 13.4. The fourth-order valence-corrected chi connectivity index (χ4v) is 4.56. The normalized spacial score (nSPS) is 14.2. The first-order chi connectivity index (χ1) is 20.4. The molecule has 1 saturated heterocycles. The molecule has 1 aliphatic heterocycles. The highest BCUT2D eigenvalue weighted by molar-refractivity contribution is 5.92. The van der Waals surface area contributed by atoms with Crippen LogP contribution in [0.2, 0.25) is 0 Å². The second-order valence-corrected chi connectivity index (χ2v) is 9.43. The summed E-state index contributed by atoms with van der Waals surface area (Å²) in [6, 6.07) is 14.8. The molecule has 1 fully saturated rings. The minimum atomic E-state index is -4.73. The smallest absolute Gasteiger partial charge is 0.420 e. The molecule has 0 unspecified atom stereocenters. The molecule has 0 bridgehead atoms. The topological polar surface area (TPSA) is 85.4 Å². The van der Waals surface area contributed by atoms with E-state index in [1.165, 1.54) is 18.2 Å². The third-order valence-corrected chi connectivity index (χ3v) is 6.64. The van der Waals surface area contributed by atoms with Gasteiger partial charge in [-0.1, -0.05) is 13.8 Å². The van der Waals surface area contributed by atoms with Crippen LogP contribution in [0.5, 0.6) is 0 Å². The van der Waals surface area contributed by atoms with E-state index in [0.29, 0.717) is 49.2 Å². The van der Waals surface area contributed by atoms with Crippen LogP contribution in [0.4, 0.5) is 37.7 Å². The van der Waals surface area contributed by atoms with Crippen molar-refractivity contribution in [1.82, 2.24) is 9.88 Å². The molecule has 2 heterocycles. The van der Waals surface area contributed by atoms with Gasteiger partial charge in [-0.3, -0.25) is 9.69 Å². The van der Waals surface area contributed by atoms with Gasteiger partial charge in [-0.15, -0.1) is 0 Å². The molecule has 5 rings (SSSR count).